The zero-order valence-corrected chi connectivity index (χ0v) is 9.05. The largest absolute Gasteiger partial charge is 0.392 e. The molecule has 0 saturated carbocycles. The Balaban J connectivity index is 4.05. The molecule has 0 heterocycles. The molecule has 2 heteroatoms. The van der Waals surface area contributed by atoms with Gasteiger partial charge in [-0.25, -0.2) is 0 Å². The standard InChI is InChI=1S/C11H20O2/c1-5-8(2)9(3)6-11(13)7-10(4)12/h11,13H,5-7H2,1-4H3/b9-8-. The Labute approximate surface area is 80.7 Å². The SMILES string of the molecule is CC/C(C)=C(/C)CC(O)CC(C)=O. The summed E-state index contributed by atoms with van der Waals surface area (Å²) in [6, 6.07) is 0. The lowest BCUT2D eigenvalue weighted by Gasteiger charge is -2.11. The van der Waals surface area contributed by atoms with E-state index in [0.717, 1.165) is 6.42 Å². The molecule has 2 nitrogen and oxygen atoms in total. The average molecular weight is 184 g/mol. The molecule has 0 aromatic carbocycles. The molecule has 0 rings (SSSR count). The van der Waals surface area contributed by atoms with Crippen LogP contribution in [0, 0.1) is 0 Å². The minimum Gasteiger partial charge on any atom is -0.392 e. The van der Waals surface area contributed by atoms with E-state index in [4.69, 9.17) is 0 Å². The highest BCUT2D eigenvalue weighted by Gasteiger charge is 2.08. The zero-order chi connectivity index (χ0) is 10.4. The highest BCUT2D eigenvalue weighted by Crippen LogP contribution is 2.14. The van der Waals surface area contributed by atoms with Crippen molar-refractivity contribution in [2.75, 3.05) is 0 Å². The number of allylic oxidation sites excluding steroid dienone is 1. The molecule has 76 valence electrons. The predicted octanol–water partition coefficient (Wildman–Crippen LogP) is 2.46. The monoisotopic (exact) mass is 184 g/mol. The van der Waals surface area contributed by atoms with Crippen molar-refractivity contribution in [3.05, 3.63) is 11.1 Å². The Morgan fingerprint density at radius 1 is 1.15 bits per heavy atom. The lowest BCUT2D eigenvalue weighted by molar-refractivity contribution is -0.118. The van der Waals surface area contributed by atoms with Crippen LogP contribution < -0.4 is 0 Å². The van der Waals surface area contributed by atoms with Crippen LogP contribution in [0.2, 0.25) is 0 Å². The minimum atomic E-state index is -0.501. The Morgan fingerprint density at radius 3 is 2.08 bits per heavy atom. The van der Waals surface area contributed by atoms with Crippen LogP contribution in [0.5, 0.6) is 0 Å². The lowest BCUT2D eigenvalue weighted by atomic mass is 10.0. The van der Waals surface area contributed by atoms with Crippen LogP contribution >= 0.6 is 0 Å². The summed E-state index contributed by atoms with van der Waals surface area (Å²) in [6.07, 6.45) is 1.41. The minimum absolute atomic E-state index is 0.0504. The molecule has 0 radical (unpaired) electrons. The second kappa shape index (κ2) is 5.92. The second-order valence-electron chi connectivity index (χ2n) is 3.68. The van der Waals surface area contributed by atoms with Gasteiger partial charge in [0.1, 0.15) is 5.78 Å². The molecule has 0 bridgehead atoms. The predicted molar refractivity (Wildman–Crippen MR) is 54.6 cm³/mol. The fourth-order valence-electron chi connectivity index (χ4n) is 1.23. The van der Waals surface area contributed by atoms with Gasteiger partial charge in [0.15, 0.2) is 0 Å². The van der Waals surface area contributed by atoms with E-state index in [9.17, 15) is 9.90 Å². The summed E-state index contributed by atoms with van der Waals surface area (Å²) in [6.45, 7) is 7.68. The summed E-state index contributed by atoms with van der Waals surface area (Å²) in [5.41, 5.74) is 2.51. The van der Waals surface area contributed by atoms with Crippen LogP contribution in [-0.4, -0.2) is 17.0 Å². The van der Waals surface area contributed by atoms with Crippen molar-refractivity contribution in [3.63, 3.8) is 0 Å². The Morgan fingerprint density at radius 2 is 1.69 bits per heavy atom. The molecule has 1 unspecified atom stereocenters. The highest BCUT2D eigenvalue weighted by atomic mass is 16.3. The van der Waals surface area contributed by atoms with E-state index in [1.807, 2.05) is 6.92 Å². The number of hydrogen-bond acceptors (Lipinski definition) is 2. The lowest BCUT2D eigenvalue weighted by Crippen LogP contribution is -2.11. The van der Waals surface area contributed by atoms with E-state index in [2.05, 4.69) is 13.8 Å². The van der Waals surface area contributed by atoms with Gasteiger partial charge in [-0.3, -0.25) is 4.79 Å². The van der Waals surface area contributed by atoms with Crippen LogP contribution in [0.25, 0.3) is 0 Å². The molecule has 1 N–H and O–H groups in total. The fourth-order valence-corrected chi connectivity index (χ4v) is 1.23. The highest BCUT2D eigenvalue weighted by molar-refractivity contribution is 5.75. The number of carbonyl (C=O) groups excluding carboxylic acids is 1. The maximum Gasteiger partial charge on any atom is 0.132 e. The van der Waals surface area contributed by atoms with Crippen LogP contribution in [0.4, 0.5) is 0 Å². The number of carbonyl (C=O) groups is 1. The molecule has 0 aliphatic carbocycles. The topological polar surface area (TPSA) is 37.3 Å². The van der Waals surface area contributed by atoms with Crippen molar-refractivity contribution in [3.8, 4) is 0 Å². The molecule has 1 atom stereocenters. The number of ketones is 1. The maximum absolute atomic E-state index is 10.7. The molecule has 0 aliphatic heterocycles. The molecule has 0 saturated heterocycles. The molecule has 0 aliphatic rings. The normalized spacial score (nSPS) is 15.2. The first kappa shape index (κ1) is 12.4. The summed E-state index contributed by atoms with van der Waals surface area (Å²) in [5.74, 6) is 0.0504. The van der Waals surface area contributed by atoms with Crippen molar-refractivity contribution in [1.82, 2.24) is 0 Å². The van der Waals surface area contributed by atoms with Crippen molar-refractivity contribution in [2.45, 2.75) is 53.1 Å². The van der Waals surface area contributed by atoms with Gasteiger partial charge in [-0.05, 0) is 33.6 Å². The number of Topliss-reactive ketones (excluding diaryl/α,β-unsaturated/α-hetero) is 1. The third-order valence-corrected chi connectivity index (χ3v) is 2.32. The maximum atomic E-state index is 10.7. The molecule has 0 aromatic rings. The van der Waals surface area contributed by atoms with Crippen molar-refractivity contribution >= 4 is 5.78 Å². The molecule has 13 heavy (non-hydrogen) atoms. The summed E-state index contributed by atoms with van der Waals surface area (Å²) < 4.78 is 0. The van der Waals surface area contributed by atoms with Gasteiger partial charge in [0, 0.05) is 6.42 Å². The summed E-state index contributed by atoms with van der Waals surface area (Å²) in [5, 5.41) is 9.48. The van der Waals surface area contributed by atoms with Crippen molar-refractivity contribution < 1.29 is 9.90 Å². The van der Waals surface area contributed by atoms with Crippen LogP contribution in [0.3, 0.4) is 0 Å². The van der Waals surface area contributed by atoms with E-state index in [1.54, 1.807) is 0 Å². The fraction of sp³-hybridized carbons (Fsp3) is 0.727. The van der Waals surface area contributed by atoms with E-state index >= 15 is 0 Å². The summed E-state index contributed by atoms with van der Waals surface area (Å²) in [7, 11) is 0. The average Bonchev–Trinajstić information content (AvgIpc) is 2.01. The molecule has 0 aromatic heterocycles. The van der Waals surface area contributed by atoms with Crippen LogP contribution in [0.1, 0.15) is 47.0 Å². The van der Waals surface area contributed by atoms with E-state index in [1.165, 1.54) is 18.1 Å². The summed E-state index contributed by atoms with van der Waals surface area (Å²) >= 11 is 0. The van der Waals surface area contributed by atoms with E-state index < -0.39 is 6.10 Å². The van der Waals surface area contributed by atoms with E-state index in [-0.39, 0.29) is 12.2 Å². The first-order chi connectivity index (χ1) is 5.97. The van der Waals surface area contributed by atoms with Gasteiger partial charge >= 0.3 is 0 Å². The van der Waals surface area contributed by atoms with Crippen molar-refractivity contribution in [2.24, 2.45) is 0 Å². The zero-order valence-electron chi connectivity index (χ0n) is 9.05. The molecular weight excluding hydrogens is 164 g/mol. The second-order valence-corrected chi connectivity index (χ2v) is 3.68. The smallest absolute Gasteiger partial charge is 0.132 e. The van der Waals surface area contributed by atoms with Gasteiger partial charge in [0.05, 0.1) is 6.10 Å². The van der Waals surface area contributed by atoms with Gasteiger partial charge in [0.2, 0.25) is 0 Å². The molecule has 0 fully saturated rings. The first-order valence-corrected chi connectivity index (χ1v) is 4.80. The Hall–Kier alpha value is -0.630. The van der Waals surface area contributed by atoms with Crippen LogP contribution in [0.15, 0.2) is 11.1 Å². The third kappa shape index (κ3) is 5.58. The van der Waals surface area contributed by atoms with Gasteiger partial charge < -0.3 is 5.11 Å². The first-order valence-electron chi connectivity index (χ1n) is 4.80. The number of rotatable bonds is 5. The molecular formula is C11H20O2. The van der Waals surface area contributed by atoms with E-state index in [0.29, 0.717) is 6.42 Å². The quantitative estimate of drug-likeness (QED) is 0.666. The third-order valence-electron chi connectivity index (χ3n) is 2.32. The number of aliphatic hydroxyl groups is 1. The Kier molecular flexibility index (Phi) is 5.63. The number of hydrogen-bond donors (Lipinski definition) is 1. The molecule has 0 spiro atoms. The Bertz CT molecular complexity index is 204. The molecule has 0 amide bonds. The van der Waals surface area contributed by atoms with Crippen LogP contribution in [-0.2, 0) is 4.79 Å². The van der Waals surface area contributed by atoms with Gasteiger partial charge in [-0.1, -0.05) is 18.1 Å². The van der Waals surface area contributed by atoms with Gasteiger partial charge in [-0.2, -0.15) is 0 Å². The van der Waals surface area contributed by atoms with Gasteiger partial charge in [-0.15, -0.1) is 0 Å². The number of aliphatic hydroxyl groups excluding tert-OH is 1. The van der Waals surface area contributed by atoms with Gasteiger partial charge in [0.25, 0.3) is 0 Å². The van der Waals surface area contributed by atoms with Crippen molar-refractivity contribution in [1.29, 1.82) is 0 Å². The summed E-state index contributed by atoms with van der Waals surface area (Å²) in [4.78, 5) is 10.7.